The molecule has 20 heavy (non-hydrogen) atoms. The van der Waals surface area contributed by atoms with Crippen LogP contribution in [-0.4, -0.2) is 47.7 Å². The van der Waals surface area contributed by atoms with Crippen LogP contribution in [0.25, 0.3) is 0 Å². The van der Waals surface area contributed by atoms with Gasteiger partial charge in [0.25, 0.3) is 0 Å². The molecule has 3 fully saturated rings. The lowest BCUT2D eigenvalue weighted by atomic mass is 9.90. The van der Waals surface area contributed by atoms with Crippen molar-refractivity contribution >= 4 is 11.9 Å². The van der Waals surface area contributed by atoms with Gasteiger partial charge in [0.05, 0.1) is 18.4 Å². The zero-order chi connectivity index (χ0) is 14.2. The zero-order valence-corrected chi connectivity index (χ0v) is 11.8. The van der Waals surface area contributed by atoms with Crippen molar-refractivity contribution in [1.82, 2.24) is 4.90 Å². The fourth-order valence-electron chi connectivity index (χ4n) is 3.74. The molecule has 0 unspecified atom stereocenters. The van der Waals surface area contributed by atoms with Crippen molar-refractivity contribution < 1.29 is 19.4 Å². The van der Waals surface area contributed by atoms with E-state index >= 15 is 0 Å². The van der Waals surface area contributed by atoms with Gasteiger partial charge < -0.3 is 14.7 Å². The summed E-state index contributed by atoms with van der Waals surface area (Å²) in [5.41, 5.74) is 0.00392. The Hall–Kier alpha value is -1.10. The van der Waals surface area contributed by atoms with E-state index in [1.165, 1.54) is 0 Å². The molecule has 5 heteroatoms. The van der Waals surface area contributed by atoms with E-state index in [9.17, 15) is 9.59 Å². The number of carbonyl (C=O) groups excluding carboxylic acids is 1. The van der Waals surface area contributed by atoms with E-state index in [-0.39, 0.29) is 23.3 Å². The first kappa shape index (κ1) is 13.9. The highest BCUT2D eigenvalue weighted by Crippen LogP contribution is 2.59. The summed E-state index contributed by atoms with van der Waals surface area (Å²) < 4.78 is 5.62. The standard InChI is InChI=1S/C15H23NO4/c17-13(9-11-3-1-2-8-20-11)16-6-4-15(5-7-16)10-12(15)14(18)19/h11-12H,1-10H2,(H,18,19)/t11-,12+/m0/s1. The third-order valence-corrected chi connectivity index (χ3v) is 5.28. The second kappa shape index (κ2) is 5.35. The molecule has 112 valence electrons. The molecule has 2 aliphatic heterocycles. The number of piperidine rings is 1. The molecule has 0 bridgehead atoms. The summed E-state index contributed by atoms with van der Waals surface area (Å²) in [6, 6.07) is 0. The van der Waals surface area contributed by atoms with Gasteiger partial charge in [-0.2, -0.15) is 0 Å². The molecule has 0 aromatic carbocycles. The van der Waals surface area contributed by atoms with Gasteiger partial charge in [-0.3, -0.25) is 9.59 Å². The maximum atomic E-state index is 12.2. The fraction of sp³-hybridized carbons (Fsp3) is 0.867. The van der Waals surface area contributed by atoms with E-state index in [2.05, 4.69) is 0 Å². The van der Waals surface area contributed by atoms with Crippen LogP contribution in [0.3, 0.4) is 0 Å². The molecule has 0 aromatic rings. The Morgan fingerprint density at radius 3 is 2.55 bits per heavy atom. The van der Waals surface area contributed by atoms with E-state index in [1.807, 2.05) is 4.90 Å². The van der Waals surface area contributed by atoms with Gasteiger partial charge in [0.15, 0.2) is 0 Å². The van der Waals surface area contributed by atoms with Crippen molar-refractivity contribution in [2.45, 2.75) is 51.0 Å². The third kappa shape index (κ3) is 2.68. The minimum absolute atomic E-state index is 0.00392. The summed E-state index contributed by atoms with van der Waals surface area (Å²) >= 11 is 0. The SMILES string of the molecule is O=C(O)[C@H]1CC12CCN(C(=O)C[C@@H]1CCCCO1)CC2. The molecule has 1 amide bonds. The summed E-state index contributed by atoms with van der Waals surface area (Å²) in [7, 11) is 0. The largest absolute Gasteiger partial charge is 0.481 e. The number of rotatable bonds is 3. The van der Waals surface area contributed by atoms with E-state index in [0.29, 0.717) is 6.42 Å². The lowest BCUT2D eigenvalue weighted by Crippen LogP contribution is -2.41. The molecule has 5 nitrogen and oxygen atoms in total. The van der Waals surface area contributed by atoms with Gasteiger partial charge in [0.2, 0.25) is 5.91 Å². The first-order valence-corrected chi connectivity index (χ1v) is 7.73. The van der Waals surface area contributed by atoms with E-state index in [1.54, 1.807) is 0 Å². The van der Waals surface area contributed by atoms with Gasteiger partial charge in [-0.25, -0.2) is 0 Å². The topological polar surface area (TPSA) is 66.8 Å². The van der Waals surface area contributed by atoms with Crippen molar-refractivity contribution in [3.63, 3.8) is 0 Å². The maximum Gasteiger partial charge on any atom is 0.307 e. The van der Waals surface area contributed by atoms with Crippen LogP contribution >= 0.6 is 0 Å². The maximum absolute atomic E-state index is 12.2. The van der Waals surface area contributed by atoms with E-state index < -0.39 is 5.97 Å². The van der Waals surface area contributed by atoms with Crippen molar-refractivity contribution in [3.8, 4) is 0 Å². The number of likely N-dealkylation sites (tertiary alicyclic amines) is 1. The smallest absolute Gasteiger partial charge is 0.307 e. The Morgan fingerprint density at radius 2 is 2.00 bits per heavy atom. The van der Waals surface area contributed by atoms with Crippen LogP contribution in [0.1, 0.15) is 44.9 Å². The number of nitrogens with zero attached hydrogens (tertiary/aromatic N) is 1. The minimum atomic E-state index is -0.666. The molecule has 1 aliphatic carbocycles. The van der Waals surface area contributed by atoms with Crippen LogP contribution in [0.5, 0.6) is 0 Å². The van der Waals surface area contributed by atoms with Crippen LogP contribution in [-0.2, 0) is 14.3 Å². The number of amides is 1. The average molecular weight is 281 g/mol. The highest BCUT2D eigenvalue weighted by Gasteiger charge is 2.59. The highest BCUT2D eigenvalue weighted by atomic mass is 16.5. The Morgan fingerprint density at radius 1 is 1.25 bits per heavy atom. The molecule has 1 N–H and O–H groups in total. The first-order chi connectivity index (χ1) is 9.61. The lowest BCUT2D eigenvalue weighted by molar-refractivity contribution is -0.140. The molecule has 2 heterocycles. The van der Waals surface area contributed by atoms with Crippen molar-refractivity contribution in [2.24, 2.45) is 11.3 Å². The van der Waals surface area contributed by atoms with Gasteiger partial charge in [-0.15, -0.1) is 0 Å². The first-order valence-electron chi connectivity index (χ1n) is 7.73. The molecule has 2 atom stereocenters. The monoisotopic (exact) mass is 281 g/mol. The minimum Gasteiger partial charge on any atom is -0.481 e. The second-order valence-electron chi connectivity index (χ2n) is 6.53. The molecule has 0 radical (unpaired) electrons. The number of carbonyl (C=O) groups is 2. The molecular weight excluding hydrogens is 258 g/mol. The lowest BCUT2D eigenvalue weighted by Gasteiger charge is -2.34. The van der Waals surface area contributed by atoms with E-state index in [0.717, 1.165) is 58.2 Å². The van der Waals surface area contributed by atoms with Crippen LogP contribution < -0.4 is 0 Å². The predicted molar refractivity (Wildman–Crippen MR) is 72.2 cm³/mol. The van der Waals surface area contributed by atoms with Crippen LogP contribution in [0, 0.1) is 11.3 Å². The normalized spacial score (nSPS) is 32.1. The second-order valence-corrected chi connectivity index (χ2v) is 6.53. The van der Waals surface area contributed by atoms with Gasteiger partial charge in [-0.05, 0) is 43.9 Å². The van der Waals surface area contributed by atoms with Crippen LogP contribution in [0.4, 0.5) is 0 Å². The van der Waals surface area contributed by atoms with E-state index in [4.69, 9.17) is 9.84 Å². The van der Waals surface area contributed by atoms with Crippen molar-refractivity contribution in [2.75, 3.05) is 19.7 Å². The summed E-state index contributed by atoms with van der Waals surface area (Å²) in [4.78, 5) is 25.2. The third-order valence-electron chi connectivity index (χ3n) is 5.28. The van der Waals surface area contributed by atoms with Crippen molar-refractivity contribution in [1.29, 1.82) is 0 Å². The summed E-state index contributed by atoms with van der Waals surface area (Å²) in [5.74, 6) is -0.652. The van der Waals surface area contributed by atoms with Gasteiger partial charge in [-0.1, -0.05) is 0 Å². The Labute approximate surface area is 119 Å². The van der Waals surface area contributed by atoms with Crippen molar-refractivity contribution in [3.05, 3.63) is 0 Å². The Bertz CT molecular complexity index is 395. The molecule has 2 saturated heterocycles. The Balaban J connectivity index is 1.46. The molecule has 3 aliphatic rings. The molecule has 1 spiro atoms. The molecule has 3 rings (SSSR count). The number of carboxylic acid groups (broad SMARTS) is 1. The number of ether oxygens (including phenoxy) is 1. The number of carboxylic acids is 1. The summed E-state index contributed by atoms with van der Waals surface area (Å²) in [5, 5.41) is 9.07. The van der Waals surface area contributed by atoms with Crippen LogP contribution in [0.15, 0.2) is 0 Å². The van der Waals surface area contributed by atoms with Gasteiger partial charge in [0.1, 0.15) is 0 Å². The molecule has 0 aromatic heterocycles. The van der Waals surface area contributed by atoms with Crippen LogP contribution in [0.2, 0.25) is 0 Å². The number of hydrogen-bond acceptors (Lipinski definition) is 3. The molecule has 1 saturated carbocycles. The summed E-state index contributed by atoms with van der Waals surface area (Å²) in [6.07, 6.45) is 6.34. The highest BCUT2D eigenvalue weighted by molar-refractivity contribution is 5.77. The van der Waals surface area contributed by atoms with Gasteiger partial charge in [0, 0.05) is 19.7 Å². The van der Waals surface area contributed by atoms with Gasteiger partial charge >= 0.3 is 5.97 Å². The fourth-order valence-corrected chi connectivity index (χ4v) is 3.74. The average Bonchev–Trinajstić information content (AvgIpc) is 3.15. The zero-order valence-electron chi connectivity index (χ0n) is 11.8. The molecular formula is C15H23NO4. The summed E-state index contributed by atoms with van der Waals surface area (Å²) in [6.45, 7) is 2.21. The quantitative estimate of drug-likeness (QED) is 0.854. The number of hydrogen-bond donors (Lipinski definition) is 1. The number of aliphatic carboxylic acids is 1. The Kier molecular flexibility index (Phi) is 3.71. The predicted octanol–water partition coefficient (Wildman–Crippen LogP) is 1.66.